The Labute approximate surface area is 154 Å². The lowest BCUT2D eigenvalue weighted by molar-refractivity contribution is 0.429. The normalized spacial score (nSPS) is 13.9. The number of hydrogen-bond donors (Lipinski definition) is 2. The quantitative estimate of drug-likeness (QED) is 0.723. The standard InChI is InChI=1S/C21H17N3O3/c1-12-7-13(2)9-16(8-12)24-20(26)17(19(25)23-21(24)27)11-15-10-14-5-3-4-6-18(14)22-15/h3-11,26H,1-2H3,(H,23,25,27)/b15-11-. The number of benzene rings is 2. The molecule has 0 bridgehead atoms. The molecule has 1 aliphatic rings. The van der Waals surface area contributed by atoms with E-state index in [0.717, 1.165) is 26.3 Å². The lowest BCUT2D eigenvalue weighted by Crippen LogP contribution is -2.30. The van der Waals surface area contributed by atoms with Crippen molar-refractivity contribution in [2.24, 2.45) is 4.99 Å². The first kappa shape index (κ1) is 16.8. The summed E-state index contributed by atoms with van der Waals surface area (Å²) in [5.41, 5.74) is 1.53. The number of para-hydroxylation sites is 1. The van der Waals surface area contributed by atoms with Crippen LogP contribution in [0.3, 0.4) is 0 Å². The summed E-state index contributed by atoms with van der Waals surface area (Å²) in [5, 5.41) is 12.4. The molecule has 0 atom stereocenters. The van der Waals surface area contributed by atoms with E-state index in [-0.39, 0.29) is 5.56 Å². The van der Waals surface area contributed by atoms with Crippen LogP contribution in [-0.4, -0.2) is 14.7 Å². The van der Waals surface area contributed by atoms with Gasteiger partial charge in [-0.2, -0.15) is 0 Å². The Kier molecular flexibility index (Phi) is 3.88. The minimum Gasteiger partial charge on any atom is -0.494 e. The fourth-order valence-corrected chi connectivity index (χ4v) is 3.25. The summed E-state index contributed by atoms with van der Waals surface area (Å²) in [4.78, 5) is 31.4. The highest BCUT2D eigenvalue weighted by Gasteiger charge is 2.15. The van der Waals surface area contributed by atoms with Crippen LogP contribution in [0.5, 0.6) is 5.88 Å². The molecular formula is C21H17N3O3. The van der Waals surface area contributed by atoms with E-state index in [2.05, 4.69) is 9.98 Å². The zero-order chi connectivity index (χ0) is 19.1. The zero-order valence-electron chi connectivity index (χ0n) is 14.9. The number of fused-ring (bicyclic) bond motifs is 1. The molecule has 27 heavy (non-hydrogen) atoms. The minimum absolute atomic E-state index is 0.0171. The van der Waals surface area contributed by atoms with Gasteiger partial charge in [0.05, 0.1) is 16.7 Å². The first-order valence-electron chi connectivity index (χ1n) is 8.46. The maximum absolute atomic E-state index is 12.3. The Bertz CT molecular complexity index is 1290. The van der Waals surface area contributed by atoms with Crippen LogP contribution in [0.2, 0.25) is 0 Å². The van der Waals surface area contributed by atoms with Gasteiger partial charge in [-0.3, -0.25) is 9.78 Å². The molecule has 4 rings (SSSR count). The largest absolute Gasteiger partial charge is 0.494 e. The minimum atomic E-state index is -0.694. The Morgan fingerprint density at radius 3 is 2.48 bits per heavy atom. The highest BCUT2D eigenvalue weighted by molar-refractivity contribution is 5.67. The second kappa shape index (κ2) is 6.25. The van der Waals surface area contributed by atoms with E-state index in [1.165, 1.54) is 6.08 Å². The van der Waals surface area contributed by atoms with Crippen molar-refractivity contribution in [2.75, 3.05) is 0 Å². The van der Waals surface area contributed by atoms with E-state index in [4.69, 9.17) is 0 Å². The molecule has 0 fully saturated rings. The Morgan fingerprint density at radius 1 is 1.07 bits per heavy atom. The Hall–Kier alpha value is -3.67. The van der Waals surface area contributed by atoms with E-state index in [1.54, 1.807) is 12.1 Å². The summed E-state index contributed by atoms with van der Waals surface area (Å²) in [6.07, 6.45) is 3.30. The van der Waals surface area contributed by atoms with Crippen molar-refractivity contribution in [3.05, 3.63) is 96.3 Å². The van der Waals surface area contributed by atoms with Gasteiger partial charge in [0.1, 0.15) is 5.56 Å². The van der Waals surface area contributed by atoms with Crippen LogP contribution in [-0.2, 0) is 0 Å². The number of hydrogen-bond acceptors (Lipinski definition) is 4. The molecule has 3 aromatic rings. The number of aromatic nitrogens is 2. The highest BCUT2D eigenvalue weighted by atomic mass is 16.3. The van der Waals surface area contributed by atoms with Gasteiger partial charge in [-0.05, 0) is 55.3 Å². The van der Waals surface area contributed by atoms with Gasteiger partial charge in [0, 0.05) is 5.22 Å². The molecule has 2 heterocycles. The first-order valence-corrected chi connectivity index (χ1v) is 8.46. The summed E-state index contributed by atoms with van der Waals surface area (Å²) in [6.45, 7) is 3.80. The van der Waals surface area contributed by atoms with E-state index in [0.29, 0.717) is 11.4 Å². The fraction of sp³-hybridized carbons (Fsp3) is 0.0952. The number of rotatable bonds is 2. The number of allylic oxidation sites excluding steroid dienone is 1. The molecule has 6 nitrogen and oxygen atoms in total. The molecule has 1 aromatic heterocycles. The molecule has 0 saturated carbocycles. The lowest BCUT2D eigenvalue weighted by atomic mass is 10.1. The van der Waals surface area contributed by atoms with Crippen molar-refractivity contribution >= 4 is 12.2 Å². The summed E-state index contributed by atoms with van der Waals surface area (Å²) in [7, 11) is 0. The highest BCUT2D eigenvalue weighted by Crippen LogP contribution is 2.21. The van der Waals surface area contributed by atoms with Crippen LogP contribution >= 0.6 is 0 Å². The molecule has 6 heteroatoms. The number of aryl methyl sites for hydroxylation is 2. The molecule has 134 valence electrons. The topological polar surface area (TPSA) is 87.4 Å². The second-order valence-corrected chi connectivity index (χ2v) is 6.56. The second-order valence-electron chi connectivity index (χ2n) is 6.56. The van der Waals surface area contributed by atoms with Crippen molar-refractivity contribution in [3.8, 4) is 11.6 Å². The molecule has 1 aliphatic heterocycles. The van der Waals surface area contributed by atoms with Crippen molar-refractivity contribution in [2.45, 2.75) is 13.8 Å². The van der Waals surface area contributed by atoms with Crippen LogP contribution in [0.25, 0.3) is 17.8 Å². The number of nitrogens with zero attached hydrogens (tertiary/aromatic N) is 2. The molecule has 0 saturated heterocycles. The Balaban J connectivity index is 1.93. The molecule has 0 amide bonds. The molecule has 0 aliphatic carbocycles. The van der Waals surface area contributed by atoms with Crippen molar-refractivity contribution in [3.63, 3.8) is 0 Å². The average Bonchev–Trinajstić information content (AvgIpc) is 3.00. The van der Waals surface area contributed by atoms with E-state index in [9.17, 15) is 14.7 Å². The fourth-order valence-electron chi connectivity index (χ4n) is 3.25. The molecule has 0 radical (unpaired) electrons. The van der Waals surface area contributed by atoms with Gasteiger partial charge in [0.25, 0.3) is 5.56 Å². The average molecular weight is 359 g/mol. The number of aromatic hydroxyl groups is 1. The van der Waals surface area contributed by atoms with Crippen LogP contribution in [0.15, 0.2) is 62.7 Å². The van der Waals surface area contributed by atoms with Gasteiger partial charge in [0.2, 0.25) is 5.88 Å². The molecular weight excluding hydrogens is 342 g/mol. The maximum Gasteiger partial charge on any atom is 0.335 e. The number of H-pyrrole nitrogens is 1. The molecule has 2 aromatic carbocycles. The van der Waals surface area contributed by atoms with Crippen molar-refractivity contribution in [1.29, 1.82) is 0 Å². The number of nitrogens with one attached hydrogen (secondary N) is 1. The van der Waals surface area contributed by atoms with Gasteiger partial charge in [-0.1, -0.05) is 24.3 Å². The predicted molar refractivity (Wildman–Crippen MR) is 103 cm³/mol. The van der Waals surface area contributed by atoms with Crippen LogP contribution in [0.1, 0.15) is 16.7 Å². The summed E-state index contributed by atoms with van der Waals surface area (Å²) < 4.78 is 1.09. The Morgan fingerprint density at radius 2 is 1.78 bits per heavy atom. The zero-order valence-corrected chi connectivity index (χ0v) is 14.9. The maximum atomic E-state index is 12.3. The summed E-state index contributed by atoms with van der Waals surface area (Å²) in [6, 6.07) is 13.1. The third-order valence-corrected chi connectivity index (χ3v) is 4.37. The third kappa shape index (κ3) is 3.01. The predicted octanol–water partition coefficient (Wildman–Crippen LogP) is 1.30. The van der Waals surface area contributed by atoms with E-state index in [1.807, 2.05) is 50.3 Å². The third-order valence-electron chi connectivity index (χ3n) is 4.37. The molecule has 0 spiro atoms. The van der Waals surface area contributed by atoms with Gasteiger partial charge in [0.15, 0.2) is 0 Å². The van der Waals surface area contributed by atoms with Gasteiger partial charge in [-0.25, -0.2) is 14.4 Å². The monoisotopic (exact) mass is 359 g/mol. The van der Waals surface area contributed by atoms with Gasteiger partial charge >= 0.3 is 5.69 Å². The summed E-state index contributed by atoms with van der Waals surface area (Å²) in [5.74, 6) is -0.416. The van der Waals surface area contributed by atoms with Crippen molar-refractivity contribution in [1.82, 2.24) is 9.55 Å². The van der Waals surface area contributed by atoms with Crippen LogP contribution in [0, 0.1) is 13.8 Å². The summed E-state index contributed by atoms with van der Waals surface area (Å²) >= 11 is 0. The SMILES string of the molecule is Cc1cc(C)cc(-n2c(O)c(/C=C3/C=c4ccccc4=N3)c(=O)[nH]c2=O)c1. The van der Waals surface area contributed by atoms with Gasteiger partial charge < -0.3 is 5.11 Å². The smallest absolute Gasteiger partial charge is 0.335 e. The van der Waals surface area contributed by atoms with Crippen LogP contribution in [0.4, 0.5) is 0 Å². The van der Waals surface area contributed by atoms with E-state index >= 15 is 0 Å². The first-order chi connectivity index (χ1) is 12.9. The molecule has 2 N–H and O–H groups in total. The lowest BCUT2D eigenvalue weighted by Gasteiger charge is -2.11. The molecule has 0 unspecified atom stereocenters. The van der Waals surface area contributed by atoms with E-state index < -0.39 is 17.1 Å². The van der Waals surface area contributed by atoms with Gasteiger partial charge in [-0.15, -0.1) is 0 Å². The van der Waals surface area contributed by atoms with Crippen molar-refractivity contribution < 1.29 is 5.11 Å². The van der Waals surface area contributed by atoms with Crippen LogP contribution < -0.4 is 21.8 Å². The number of aromatic amines is 1.